The molecule has 3 heteroatoms. The lowest BCUT2D eigenvalue weighted by molar-refractivity contribution is 0.172. The Morgan fingerprint density at radius 2 is 1.88 bits per heavy atom. The van der Waals surface area contributed by atoms with Crippen molar-refractivity contribution < 1.29 is 4.74 Å². The summed E-state index contributed by atoms with van der Waals surface area (Å²) in [6, 6.07) is 11.6. The van der Waals surface area contributed by atoms with Crippen LogP contribution in [-0.2, 0) is 19.4 Å². The number of fused-ring (bicyclic) bond motifs is 1. The molecule has 0 spiro atoms. The third-order valence-electron chi connectivity index (χ3n) is 5.69. The molecule has 0 saturated carbocycles. The summed E-state index contributed by atoms with van der Waals surface area (Å²) in [7, 11) is 1.78. The van der Waals surface area contributed by atoms with E-state index in [0.717, 1.165) is 31.7 Å². The number of hydrogen-bond donors (Lipinski definition) is 0. The number of benzene rings is 1. The molecule has 0 bridgehead atoms. The van der Waals surface area contributed by atoms with Crippen molar-refractivity contribution in [1.29, 1.82) is 0 Å². The van der Waals surface area contributed by atoms with Gasteiger partial charge in [-0.05, 0) is 75.4 Å². The molecule has 25 heavy (non-hydrogen) atoms. The third-order valence-corrected chi connectivity index (χ3v) is 5.69. The topological polar surface area (TPSA) is 17.4 Å². The van der Waals surface area contributed by atoms with E-state index >= 15 is 0 Å². The molecule has 2 aromatic rings. The number of rotatable bonds is 7. The molecule has 3 nitrogen and oxygen atoms in total. The fourth-order valence-corrected chi connectivity index (χ4v) is 4.30. The highest BCUT2D eigenvalue weighted by atomic mass is 16.5. The van der Waals surface area contributed by atoms with Crippen LogP contribution in [0.3, 0.4) is 0 Å². The predicted molar refractivity (Wildman–Crippen MR) is 105 cm³/mol. The number of methoxy groups -OCH3 is 1. The van der Waals surface area contributed by atoms with Gasteiger partial charge in [-0.3, -0.25) is 4.90 Å². The lowest BCUT2D eigenvalue weighted by Gasteiger charge is -2.36. The van der Waals surface area contributed by atoms with Gasteiger partial charge in [0.1, 0.15) is 5.75 Å². The van der Waals surface area contributed by atoms with Crippen LogP contribution in [0.5, 0.6) is 5.75 Å². The van der Waals surface area contributed by atoms with Crippen LogP contribution in [0.15, 0.2) is 30.3 Å². The molecule has 0 saturated heterocycles. The summed E-state index contributed by atoms with van der Waals surface area (Å²) in [5.74, 6) is 1.07. The Labute approximate surface area is 152 Å². The van der Waals surface area contributed by atoms with Crippen LogP contribution in [-0.4, -0.2) is 35.7 Å². The van der Waals surface area contributed by atoms with E-state index < -0.39 is 0 Å². The van der Waals surface area contributed by atoms with E-state index in [9.17, 15) is 0 Å². The maximum atomic E-state index is 5.56. The van der Waals surface area contributed by atoms with Gasteiger partial charge in [0.2, 0.25) is 0 Å². The third kappa shape index (κ3) is 3.92. The smallest absolute Gasteiger partial charge is 0.122 e. The average Bonchev–Trinajstić information content (AvgIpc) is 2.95. The van der Waals surface area contributed by atoms with Gasteiger partial charge in [-0.2, -0.15) is 0 Å². The first-order chi connectivity index (χ1) is 12.1. The Morgan fingerprint density at radius 1 is 1.12 bits per heavy atom. The Kier molecular flexibility index (Phi) is 5.85. The highest BCUT2D eigenvalue weighted by Gasteiger charge is 2.25. The van der Waals surface area contributed by atoms with E-state index in [4.69, 9.17) is 4.74 Å². The molecule has 3 rings (SSSR count). The van der Waals surface area contributed by atoms with Crippen molar-refractivity contribution in [2.24, 2.45) is 0 Å². The van der Waals surface area contributed by atoms with Crippen molar-refractivity contribution in [2.45, 2.75) is 59.0 Å². The Morgan fingerprint density at radius 3 is 2.56 bits per heavy atom. The minimum Gasteiger partial charge on any atom is -0.496 e. The summed E-state index contributed by atoms with van der Waals surface area (Å²) >= 11 is 0. The highest BCUT2D eigenvalue weighted by Crippen LogP contribution is 2.31. The van der Waals surface area contributed by atoms with Gasteiger partial charge in [0, 0.05) is 30.5 Å². The lowest BCUT2D eigenvalue weighted by Crippen LogP contribution is -2.41. The van der Waals surface area contributed by atoms with Crippen molar-refractivity contribution in [3.8, 4) is 5.75 Å². The minimum absolute atomic E-state index is 0.649. The van der Waals surface area contributed by atoms with Gasteiger partial charge in [0.25, 0.3) is 0 Å². The van der Waals surface area contributed by atoms with E-state index in [1.165, 1.54) is 41.9 Å². The summed E-state index contributed by atoms with van der Waals surface area (Å²) in [5.41, 5.74) is 5.64. The standard InChI is InChI=1S/C22H32N2O/c1-5-13-23(14-15-24-17(2)9-10-18(24)3)20-11-12-21-19(16-20)7-6-8-22(21)25-4/h6-10,20H,5,11-16H2,1-4H3. The molecule has 1 aromatic carbocycles. The van der Waals surface area contributed by atoms with Crippen LogP contribution in [0.25, 0.3) is 0 Å². The summed E-state index contributed by atoms with van der Waals surface area (Å²) in [4.78, 5) is 2.71. The second-order valence-corrected chi connectivity index (χ2v) is 7.30. The maximum absolute atomic E-state index is 5.56. The zero-order valence-electron chi connectivity index (χ0n) is 16.2. The summed E-state index contributed by atoms with van der Waals surface area (Å²) in [6.07, 6.45) is 4.73. The molecular formula is C22H32N2O. The molecular weight excluding hydrogens is 308 g/mol. The molecule has 0 fully saturated rings. The van der Waals surface area contributed by atoms with E-state index in [0.29, 0.717) is 6.04 Å². The molecule has 1 heterocycles. The van der Waals surface area contributed by atoms with Gasteiger partial charge in [0.05, 0.1) is 7.11 Å². The molecule has 0 amide bonds. The molecule has 1 unspecified atom stereocenters. The minimum atomic E-state index is 0.649. The highest BCUT2D eigenvalue weighted by molar-refractivity contribution is 5.42. The van der Waals surface area contributed by atoms with Gasteiger partial charge in [-0.15, -0.1) is 0 Å². The van der Waals surface area contributed by atoms with Crippen LogP contribution < -0.4 is 4.74 Å². The van der Waals surface area contributed by atoms with Gasteiger partial charge in [-0.1, -0.05) is 19.1 Å². The molecule has 136 valence electrons. The van der Waals surface area contributed by atoms with Gasteiger partial charge in [-0.25, -0.2) is 0 Å². The SMILES string of the molecule is CCCN(CCn1c(C)ccc1C)C1CCc2c(cccc2OC)C1. The van der Waals surface area contributed by atoms with Crippen molar-refractivity contribution in [1.82, 2.24) is 9.47 Å². The number of nitrogens with zero attached hydrogens (tertiary/aromatic N) is 2. The Bertz CT molecular complexity index is 685. The van der Waals surface area contributed by atoms with Gasteiger partial charge < -0.3 is 9.30 Å². The second kappa shape index (κ2) is 8.09. The van der Waals surface area contributed by atoms with E-state index in [-0.39, 0.29) is 0 Å². The predicted octanol–water partition coefficient (Wildman–Crippen LogP) is 4.38. The summed E-state index contributed by atoms with van der Waals surface area (Å²) < 4.78 is 8.01. The van der Waals surface area contributed by atoms with Gasteiger partial charge >= 0.3 is 0 Å². The van der Waals surface area contributed by atoms with Crippen LogP contribution in [0, 0.1) is 13.8 Å². The number of ether oxygens (including phenoxy) is 1. The molecule has 0 radical (unpaired) electrons. The average molecular weight is 341 g/mol. The maximum Gasteiger partial charge on any atom is 0.122 e. The first-order valence-corrected chi connectivity index (χ1v) is 9.65. The van der Waals surface area contributed by atoms with Crippen molar-refractivity contribution in [2.75, 3.05) is 20.2 Å². The van der Waals surface area contributed by atoms with E-state index in [1.807, 2.05) is 0 Å². The van der Waals surface area contributed by atoms with Crippen LogP contribution in [0.4, 0.5) is 0 Å². The second-order valence-electron chi connectivity index (χ2n) is 7.30. The zero-order chi connectivity index (χ0) is 17.8. The fourth-order valence-electron chi connectivity index (χ4n) is 4.30. The van der Waals surface area contributed by atoms with Crippen LogP contribution >= 0.6 is 0 Å². The molecule has 0 N–H and O–H groups in total. The first kappa shape index (κ1) is 18.1. The number of aryl methyl sites for hydroxylation is 2. The fraction of sp³-hybridized carbons (Fsp3) is 0.545. The normalized spacial score (nSPS) is 16.9. The van der Waals surface area contributed by atoms with Crippen LogP contribution in [0.1, 0.15) is 42.3 Å². The first-order valence-electron chi connectivity index (χ1n) is 9.65. The summed E-state index contributed by atoms with van der Waals surface area (Å²) in [5, 5.41) is 0. The van der Waals surface area contributed by atoms with Gasteiger partial charge in [0.15, 0.2) is 0 Å². The monoisotopic (exact) mass is 340 g/mol. The zero-order valence-corrected chi connectivity index (χ0v) is 16.2. The molecule has 1 aliphatic carbocycles. The molecule has 1 atom stereocenters. The van der Waals surface area contributed by atoms with E-state index in [1.54, 1.807) is 7.11 Å². The van der Waals surface area contributed by atoms with Crippen molar-refractivity contribution >= 4 is 0 Å². The number of aromatic nitrogens is 1. The largest absolute Gasteiger partial charge is 0.496 e. The van der Waals surface area contributed by atoms with Crippen molar-refractivity contribution in [3.05, 3.63) is 52.8 Å². The Hall–Kier alpha value is -1.74. The quantitative estimate of drug-likeness (QED) is 0.744. The van der Waals surface area contributed by atoms with E-state index in [2.05, 4.69) is 60.6 Å². The molecule has 1 aromatic heterocycles. The molecule has 1 aliphatic rings. The number of hydrogen-bond acceptors (Lipinski definition) is 2. The summed E-state index contributed by atoms with van der Waals surface area (Å²) in [6.45, 7) is 10.1. The molecule has 0 aliphatic heterocycles. The lowest BCUT2D eigenvalue weighted by atomic mass is 9.86. The van der Waals surface area contributed by atoms with Crippen molar-refractivity contribution in [3.63, 3.8) is 0 Å². The Balaban J connectivity index is 1.71. The van der Waals surface area contributed by atoms with Crippen LogP contribution in [0.2, 0.25) is 0 Å².